The maximum atomic E-state index is 4.28. The number of halogens is 1. The molecule has 3 aromatic rings. The Morgan fingerprint density at radius 1 is 1.35 bits per heavy atom. The fourth-order valence-corrected chi connectivity index (χ4v) is 3.16. The van der Waals surface area contributed by atoms with E-state index in [0.29, 0.717) is 0 Å². The van der Waals surface area contributed by atoms with Gasteiger partial charge in [-0.2, -0.15) is 5.10 Å². The van der Waals surface area contributed by atoms with Crippen molar-refractivity contribution in [1.82, 2.24) is 9.97 Å². The highest BCUT2D eigenvalue weighted by Gasteiger charge is 2.06. The van der Waals surface area contributed by atoms with Crippen LogP contribution in [-0.2, 0) is 0 Å². The Bertz CT molecular complexity index is 782. The van der Waals surface area contributed by atoms with Crippen LogP contribution in [0.3, 0.4) is 0 Å². The molecule has 3 rings (SSSR count). The third kappa shape index (κ3) is 2.71. The molecule has 0 bridgehead atoms. The molecule has 0 aliphatic carbocycles. The van der Waals surface area contributed by atoms with E-state index in [2.05, 4.69) is 41.8 Å². The van der Waals surface area contributed by atoms with Gasteiger partial charge >= 0.3 is 0 Å². The zero-order valence-electron chi connectivity index (χ0n) is 10.7. The number of hydrogen-bond donors (Lipinski definition) is 1. The first-order valence-electron chi connectivity index (χ1n) is 5.97. The number of nitrogens with zero attached hydrogens (tertiary/aromatic N) is 3. The molecule has 0 spiro atoms. The van der Waals surface area contributed by atoms with Gasteiger partial charge in [0.1, 0.15) is 6.33 Å². The Hall–Kier alpha value is -1.79. The summed E-state index contributed by atoms with van der Waals surface area (Å²) in [5.41, 5.74) is 6.13. The van der Waals surface area contributed by atoms with Gasteiger partial charge in [-0.3, -0.25) is 5.43 Å². The number of aryl methyl sites for hydroxylation is 1. The minimum Gasteiger partial charge on any atom is -0.260 e. The van der Waals surface area contributed by atoms with Crippen molar-refractivity contribution in [2.75, 3.05) is 5.43 Å². The average molecular weight is 347 g/mol. The lowest BCUT2D eigenvalue weighted by Crippen LogP contribution is -1.94. The molecule has 1 N–H and O–H groups in total. The second-order valence-electron chi connectivity index (χ2n) is 4.24. The minimum absolute atomic E-state index is 0.736. The number of fused-ring (bicyclic) bond motifs is 1. The maximum Gasteiger partial charge on any atom is 0.167 e. The number of anilines is 1. The third-order valence-corrected chi connectivity index (χ3v) is 4.35. The summed E-state index contributed by atoms with van der Waals surface area (Å²) in [7, 11) is 0. The van der Waals surface area contributed by atoms with Crippen LogP contribution in [0.25, 0.3) is 10.2 Å². The normalized spacial score (nSPS) is 11.3. The molecule has 0 aliphatic rings. The van der Waals surface area contributed by atoms with E-state index in [9.17, 15) is 0 Å². The van der Waals surface area contributed by atoms with E-state index in [4.69, 9.17) is 0 Å². The molecule has 4 nitrogen and oxygen atoms in total. The van der Waals surface area contributed by atoms with Crippen molar-refractivity contribution >= 4 is 49.5 Å². The van der Waals surface area contributed by atoms with Crippen LogP contribution in [-0.4, -0.2) is 16.2 Å². The van der Waals surface area contributed by atoms with Gasteiger partial charge in [0.15, 0.2) is 5.82 Å². The van der Waals surface area contributed by atoms with Crippen LogP contribution < -0.4 is 5.43 Å². The summed E-state index contributed by atoms with van der Waals surface area (Å²) >= 11 is 5.05. The molecule has 2 aromatic heterocycles. The Morgan fingerprint density at radius 2 is 2.25 bits per heavy atom. The zero-order valence-corrected chi connectivity index (χ0v) is 13.1. The van der Waals surface area contributed by atoms with E-state index < -0.39 is 0 Å². The number of aromatic nitrogens is 2. The first-order valence-corrected chi connectivity index (χ1v) is 7.65. The molecule has 0 amide bonds. The summed E-state index contributed by atoms with van der Waals surface area (Å²) in [4.78, 5) is 8.51. The molecule has 100 valence electrons. The van der Waals surface area contributed by atoms with Crippen molar-refractivity contribution in [3.05, 3.63) is 51.6 Å². The van der Waals surface area contributed by atoms with Crippen molar-refractivity contribution in [3.8, 4) is 0 Å². The molecule has 0 radical (unpaired) electrons. The summed E-state index contributed by atoms with van der Waals surface area (Å²) in [6, 6.07) is 7.93. The summed E-state index contributed by atoms with van der Waals surface area (Å²) in [6.45, 7) is 2.04. The van der Waals surface area contributed by atoms with Gasteiger partial charge in [0.25, 0.3) is 0 Å². The van der Waals surface area contributed by atoms with Crippen LogP contribution in [0.1, 0.15) is 11.1 Å². The number of rotatable bonds is 3. The molecule has 0 atom stereocenters. The first kappa shape index (κ1) is 13.2. The monoisotopic (exact) mass is 346 g/mol. The molecule has 20 heavy (non-hydrogen) atoms. The van der Waals surface area contributed by atoms with Crippen molar-refractivity contribution in [1.29, 1.82) is 0 Å². The van der Waals surface area contributed by atoms with Crippen LogP contribution in [0.5, 0.6) is 0 Å². The largest absolute Gasteiger partial charge is 0.260 e. The number of benzene rings is 1. The summed E-state index contributed by atoms with van der Waals surface area (Å²) in [5, 5.41) is 6.30. The molecule has 0 saturated heterocycles. The van der Waals surface area contributed by atoms with Crippen LogP contribution in [0.2, 0.25) is 0 Å². The van der Waals surface area contributed by atoms with Crippen LogP contribution in [0.4, 0.5) is 5.82 Å². The standard InChI is InChI=1S/C14H11BrN4S/c1-9-7-20-13-12(9)16-8-17-14(13)19-18-6-10-3-2-4-11(15)5-10/h2-8H,1H3,(H,16,17,19). The molecule has 0 fully saturated rings. The fourth-order valence-electron chi connectivity index (χ4n) is 1.80. The second-order valence-corrected chi connectivity index (χ2v) is 6.04. The zero-order chi connectivity index (χ0) is 13.9. The maximum absolute atomic E-state index is 4.28. The lowest BCUT2D eigenvalue weighted by molar-refractivity contribution is 1.18. The summed E-state index contributed by atoms with van der Waals surface area (Å²) in [5.74, 6) is 0.736. The van der Waals surface area contributed by atoms with Gasteiger partial charge in [0.2, 0.25) is 0 Å². The van der Waals surface area contributed by atoms with Crippen LogP contribution in [0, 0.1) is 6.92 Å². The van der Waals surface area contributed by atoms with Crippen LogP contribution >= 0.6 is 27.3 Å². The van der Waals surface area contributed by atoms with Crippen molar-refractivity contribution < 1.29 is 0 Å². The highest BCUT2D eigenvalue weighted by molar-refractivity contribution is 9.10. The molecular formula is C14H11BrN4S. The molecule has 6 heteroatoms. The smallest absolute Gasteiger partial charge is 0.167 e. The van der Waals surface area contributed by atoms with Gasteiger partial charge in [0.05, 0.1) is 16.4 Å². The number of nitrogens with one attached hydrogen (secondary N) is 1. The number of thiophene rings is 1. The number of hydrazone groups is 1. The minimum atomic E-state index is 0.736. The van der Waals surface area contributed by atoms with Crippen LogP contribution in [0.15, 0.2) is 45.5 Å². The topological polar surface area (TPSA) is 50.2 Å². The Balaban J connectivity index is 1.83. The molecule has 1 aromatic carbocycles. The predicted octanol–water partition coefficient (Wildman–Crippen LogP) is 4.21. The molecule has 0 unspecified atom stereocenters. The Morgan fingerprint density at radius 3 is 3.10 bits per heavy atom. The highest BCUT2D eigenvalue weighted by atomic mass is 79.9. The van der Waals surface area contributed by atoms with E-state index in [-0.39, 0.29) is 0 Å². The molecule has 0 aliphatic heterocycles. The van der Waals surface area contributed by atoms with E-state index in [0.717, 1.165) is 31.6 Å². The fraction of sp³-hybridized carbons (Fsp3) is 0.0714. The van der Waals surface area contributed by atoms with Gasteiger partial charge in [-0.15, -0.1) is 11.3 Å². The van der Waals surface area contributed by atoms with Gasteiger partial charge < -0.3 is 0 Å². The first-order chi connectivity index (χ1) is 9.74. The van der Waals surface area contributed by atoms with Gasteiger partial charge in [-0.25, -0.2) is 9.97 Å². The van der Waals surface area contributed by atoms with Crippen molar-refractivity contribution in [2.45, 2.75) is 6.92 Å². The highest BCUT2D eigenvalue weighted by Crippen LogP contribution is 2.28. The van der Waals surface area contributed by atoms with Gasteiger partial charge in [-0.1, -0.05) is 28.1 Å². The lowest BCUT2D eigenvalue weighted by atomic mass is 10.2. The van der Waals surface area contributed by atoms with Gasteiger partial charge in [0, 0.05) is 4.47 Å². The summed E-state index contributed by atoms with van der Waals surface area (Å²) < 4.78 is 2.05. The summed E-state index contributed by atoms with van der Waals surface area (Å²) in [6.07, 6.45) is 3.32. The van der Waals surface area contributed by atoms with E-state index in [1.165, 1.54) is 0 Å². The Kier molecular flexibility index (Phi) is 3.75. The van der Waals surface area contributed by atoms with Gasteiger partial charge in [-0.05, 0) is 35.6 Å². The average Bonchev–Trinajstić information content (AvgIpc) is 2.82. The van der Waals surface area contributed by atoms with E-state index in [1.807, 2.05) is 31.2 Å². The van der Waals surface area contributed by atoms with Crippen molar-refractivity contribution in [3.63, 3.8) is 0 Å². The predicted molar refractivity (Wildman–Crippen MR) is 87.5 cm³/mol. The SMILES string of the molecule is Cc1csc2c(NN=Cc3cccc(Br)c3)ncnc12. The third-order valence-electron chi connectivity index (χ3n) is 2.76. The van der Waals surface area contributed by atoms with E-state index in [1.54, 1.807) is 23.9 Å². The quantitative estimate of drug-likeness (QED) is 0.570. The number of hydrogen-bond acceptors (Lipinski definition) is 5. The Labute approximate surface area is 128 Å². The molecule has 2 heterocycles. The molecular weight excluding hydrogens is 336 g/mol. The van der Waals surface area contributed by atoms with E-state index >= 15 is 0 Å². The lowest BCUT2D eigenvalue weighted by Gasteiger charge is -2.00. The molecule has 0 saturated carbocycles. The second kappa shape index (κ2) is 5.68. The van der Waals surface area contributed by atoms with Crippen molar-refractivity contribution in [2.24, 2.45) is 5.10 Å².